The number of piperidine rings is 1. The number of H-pyrrole nitrogens is 1. The summed E-state index contributed by atoms with van der Waals surface area (Å²) in [5, 5.41) is 26.8. The lowest BCUT2D eigenvalue weighted by atomic mass is 9.53. The fraction of sp³-hybridized carbons (Fsp3) is 0.409. The minimum absolute atomic E-state index is 0.0253. The first-order chi connectivity index (χ1) is 14.0. The van der Waals surface area contributed by atoms with E-state index in [1.165, 1.54) is 11.1 Å². The summed E-state index contributed by atoms with van der Waals surface area (Å²) in [7, 11) is 3.79. The Labute approximate surface area is 169 Å². The third kappa shape index (κ3) is 2.47. The van der Waals surface area contributed by atoms with E-state index < -0.39 is 11.0 Å². The molecule has 3 atom stereocenters. The number of methoxy groups -OCH3 is 1. The van der Waals surface area contributed by atoms with E-state index in [1.54, 1.807) is 7.11 Å². The Morgan fingerprint density at radius 3 is 2.86 bits per heavy atom. The van der Waals surface area contributed by atoms with Crippen molar-refractivity contribution in [3.05, 3.63) is 59.2 Å². The zero-order valence-corrected chi connectivity index (χ0v) is 16.9. The Morgan fingerprint density at radius 2 is 2.10 bits per heavy atom. The van der Waals surface area contributed by atoms with Gasteiger partial charge in [0.2, 0.25) is 5.82 Å². The largest absolute Gasteiger partial charge is 0.497 e. The predicted molar refractivity (Wildman–Crippen MR) is 109 cm³/mol. The molecule has 1 aromatic heterocycles. The molecule has 0 saturated carbocycles. The van der Waals surface area contributed by atoms with Crippen molar-refractivity contribution in [2.45, 2.75) is 36.8 Å². The maximum Gasteiger partial charge on any atom is 0.204 e. The molecule has 2 heterocycles. The van der Waals surface area contributed by atoms with Crippen LogP contribution < -0.4 is 4.74 Å². The number of tetrazole rings is 1. The number of ether oxygens (including phenoxy) is 1. The lowest BCUT2D eigenvalue weighted by Gasteiger charge is -2.60. The van der Waals surface area contributed by atoms with Gasteiger partial charge in [-0.05, 0) is 66.5 Å². The first-order valence-electron chi connectivity index (χ1n) is 9.92. The summed E-state index contributed by atoms with van der Waals surface area (Å²) >= 11 is 0. The van der Waals surface area contributed by atoms with Gasteiger partial charge in [0.1, 0.15) is 11.4 Å². The average molecular weight is 391 g/mol. The molecule has 3 aromatic rings. The zero-order valence-electron chi connectivity index (χ0n) is 16.9. The molecule has 3 unspecified atom stereocenters. The van der Waals surface area contributed by atoms with Gasteiger partial charge in [0.05, 0.1) is 7.11 Å². The summed E-state index contributed by atoms with van der Waals surface area (Å²) in [5.41, 5.74) is 2.68. The van der Waals surface area contributed by atoms with Gasteiger partial charge >= 0.3 is 0 Å². The van der Waals surface area contributed by atoms with Crippen LogP contribution in [0.4, 0.5) is 0 Å². The SMILES string of the molecule is COc1ccc2c(c1)C1(C)CCN(C)C(C2)C1(O)c1cccc(-c2nn[nH]n2)c1. The van der Waals surface area contributed by atoms with Crippen LogP contribution in [-0.4, -0.2) is 57.4 Å². The third-order valence-corrected chi connectivity index (χ3v) is 7.05. The molecule has 29 heavy (non-hydrogen) atoms. The molecule has 2 bridgehead atoms. The number of rotatable bonds is 3. The topological polar surface area (TPSA) is 87.2 Å². The maximum atomic E-state index is 12.4. The van der Waals surface area contributed by atoms with E-state index in [0.29, 0.717) is 5.82 Å². The molecule has 5 rings (SSSR count). The summed E-state index contributed by atoms with van der Waals surface area (Å²) in [5.74, 6) is 1.35. The van der Waals surface area contributed by atoms with Gasteiger partial charge in [0.15, 0.2) is 0 Å². The van der Waals surface area contributed by atoms with Crippen LogP contribution in [0.25, 0.3) is 11.4 Å². The molecule has 0 amide bonds. The summed E-state index contributed by atoms with van der Waals surface area (Å²) in [6, 6.07) is 14.2. The molecular weight excluding hydrogens is 366 g/mol. The van der Waals surface area contributed by atoms with Gasteiger partial charge in [-0.1, -0.05) is 31.2 Å². The molecule has 1 fully saturated rings. The Balaban J connectivity index is 1.71. The number of aromatic nitrogens is 4. The maximum absolute atomic E-state index is 12.4. The monoisotopic (exact) mass is 391 g/mol. The van der Waals surface area contributed by atoms with Gasteiger partial charge in [-0.3, -0.25) is 4.90 Å². The van der Waals surface area contributed by atoms with Crippen molar-refractivity contribution >= 4 is 0 Å². The molecule has 0 radical (unpaired) electrons. The highest BCUT2D eigenvalue weighted by Crippen LogP contribution is 2.56. The number of likely N-dealkylation sites (tertiary alicyclic amines) is 1. The Bertz CT molecular complexity index is 1050. The highest BCUT2D eigenvalue weighted by molar-refractivity contribution is 5.58. The van der Waals surface area contributed by atoms with E-state index in [0.717, 1.165) is 36.3 Å². The normalized spacial score (nSPS) is 28.8. The average Bonchev–Trinajstić information content (AvgIpc) is 3.28. The minimum atomic E-state index is -1.06. The van der Waals surface area contributed by atoms with Crippen LogP contribution in [-0.2, 0) is 17.4 Å². The highest BCUT2D eigenvalue weighted by Gasteiger charge is 2.60. The molecule has 7 nitrogen and oxygen atoms in total. The summed E-state index contributed by atoms with van der Waals surface area (Å²) in [4.78, 5) is 2.29. The quantitative estimate of drug-likeness (QED) is 0.712. The lowest BCUT2D eigenvalue weighted by Crippen LogP contribution is -2.67. The fourth-order valence-corrected chi connectivity index (χ4v) is 5.35. The second-order valence-electron chi connectivity index (χ2n) is 8.39. The number of aromatic amines is 1. The van der Waals surface area contributed by atoms with Crippen LogP contribution in [0, 0.1) is 0 Å². The van der Waals surface area contributed by atoms with Crippen LogP contribution in [0.2, 0.25) is 0 Å². The second kappa shape index (κ2) is 6.37. The van der Waals surface area contributed by atoms with Crippen LogP contribution in [0.3, 0.4) is 0 Å². The predicted octanol–water partition coefficient (Wildman–Crippen LogP) is 2.28. The van der Waals surface area contributed by atoms with E-state index in [9.17, 15) is 5.11 Å². The molecule has 2 aromatic carbocycles. The van der Waals surface area contributed by atoms with Gasteiger partial charge in [-0.25, -0.2) is 0 Å². The summed E-state index contributed by atoms with van der Waals surface area (Å²) in [6.07, 6.45) is 1.64. The molecular formula is C22H25N5O2. The molecule has 1 aliphatic carbocycles. The number of nitrogens with zero attached hydrogens (tertiary/aromatic N) is 4. The van der Waals surface area contributed by atoms with E-state index in [1.807, 2.05) is 30.3 Å². The van der Waals surface area contributed by atoms with Crippen LogP contribution >= 0.6 is 0 Å². The molecule has 1 saturated heterocycles. The van der Waals surface area contributed by atoms with Crippen molar-refractivity contribution in [2.24, 2.45) is 0 Å². The standard InChI is InChI=1S/C22H25N5O2/c1-21-9-10-27(2)19(12-14-7-8-17(29-3)13-18(14)21)22(21,28)16-6-4-5-15(11-16)20-23-25-26-24-20/h4-8,11,13,19,28H,9-10,12H2,1-3H3,(H,23,24,25,26). The molecule has 0 spiro atoms. The highest BCUT2D eigenvalue weighted by atomic mass is 16.5. The number of aliphatic hydroxyl groups is 1. The Hall–Kier alpha value is -2.77. The van der Waals surface area contributed by atoms with Crippen molar-refractivity contribution in [3.63, 3.8) is 0 Å². The van der Waals surface area contributed by atoms with Gasteiger partial charge < -0.3 is 9.84 Å². The van der Waals surface area contributed by atoms with Crippen molar-refractivity contribution < 1.29 is 9.84 Å². The van der Waals surface area contributed by atoms with Crippen molar-refractivity contribution in [3.8, 4) is 17.1 Å². The van der Waals surface area contributed by atoms with Crippen molar-refractivity contribution in [1.82, 2.24) is 25.5 Å². The van der Waals surface area contributed by atoms with Gasteiger partial charge in [0, 0.05) is 17.0 Å². The second-order valence-corrected chi connectivity index (χ2v) is 8.39. The molecule has 7 heteroatoms. The lowest BCUT2D eigenvalue weighted by molar-refractivity contribution is -0.141. The molecule has 2 aliphatic rings. The minimum Gasteiger partial charge on any atom is -0.497 e. The van der Waals surface area contributed by atoms with Crippen LogP contribution in [0.15, 0.2) is 42.5 Å². The molecule has 1 aliphatic heterocycles. The number of fused-ring (bicyclic) bond motifs is 4. The smallest absolute Gasteiger partial charge is 0.204 e. The van der Waals surface area contributed by atoms with Crippen LogP contribution in [0.1, 0.15) is 30.0 Å². The van der Waals surface area contributed by atoms with E-state index in [-0.39, 0.29) is 6.04 Å². The summed E-state index contributed by atoms with van der Waals surface area (Å²) < 4.78 is 5.51. The summed E-state index contributed by atoms with van der Waals surface area (Å²) in [6.45, 7) is 3.12. The Kier molecular flexibility index (Phi) is 4.01. The van der Waals surface area contributed by atoms with Gasteiger partial charge in [-0.15, -0.1) is 10.2 Å². The first-order valence-corrected chi connectivity index (χ1v) is 9.92. The van der Waals surface area contributed by atoms with Gasteiger partial charge in [0.25, 0.3) is 0 Å². The number of benzene rings is 2. The van der Waals surface area contributed by atoms with E-state index in [2.05, 4.69) is 51.6 Å². The van der Waals surface area contributed by atoms with Crippen LogP contribution in [0.5, 0.6) is 5.75 Å². The van der Waals surface area contributed by atoms with Gasteiger partial charge in [-0.2, -0.15) is 5.21 Å². The van der Waals surface area contributed by atoms with E-state index in [4.69, 9.17) is 4.74 Å². The number of likely N-dealkylation sites (N-methyl/N-ethyl adjacent to an activating group) is 1. The number of hydrogen-bond donors (Lipinski definition) is 2. The zero-order chi connectivity index (χ0) is 20.2. The van der Waals surface area contributed by atoms with Crippen molar-refractivity contribution in [1.29, 1.82) is 0 Å². The number of hydrogen-bond acceptors (Lipinski definition) is 6. The van der Waals surface area contributed by atoms with Crippen molar-refractivity contribution in [2.75, 3.05) is 20.7 Å². The number of nitrogens with one attached hydrogen (secondary N) is 1. The molecule has 150 valence electrons. The first kappa shape index (κ1) is 18.3. The molecule has 2 N–H and O–H groups in total. The third-order valence-electron chi connectivity index (χ3n) is 7.05. The fourth-order valence-electron chi connectivity index (χ4n) is 5.35. The van der Waals surface area contributed by atoms with E-state index >= 15 is 0 Å². The Morgan fingerprint density at radius 1 is 1.24 bits per heavy atom.